The van der Waals surface area contributed by atoms with Gasteiger partial charge in [0, 0.05) is 18.3 Å². The summed E-state index contributed by atoms with van der Waals surface area (Å²) in [4.78, 5) is 11.6. The molecule has 4 N–H and O–H groups in total. The number of aliphatic hydroxyl groups excluding tert-OH is 4. The first-order valence-corrected chi connectivity index (χ1v) is 5.71. The average Bonchev–Trinajstić information content (AvgIpc) is 2.28. The molecule has 0 saturated carbocycles. The van der Waals surface area contributed by atoms with Crippen LogP contribution in [0.15, 0.2) is 0 Å². The highest BCUT2D eigenvalue weighted by Gasteiger charge is 2.44. The summed E-state index contributed by atoms with van der Waals surface area (Å²) in [5.41, 5.74) is 0. The highest BCUT2D eigenvalue weighted by Crippen LogP contribution is 2.28. The molecule has 1 aliphatic heterocycles. The van der Waals surface area contributed by atoms with Gasteiger partial charge in [0.05, 0.1) is 12.7 Å². The van der Waals surface area contributed by atoms with E-state index in [1.807, 2.05) is 0 Å². The van der Waals surface area contributed by atoms with E-state index in [-0.39, 0.29) is 18.1 Å². The zero-order valence-electron chi connectivity index (χ0n) is 9.98. The lowest BCUT2D eigenvalue weighted by molar-refractivity contribution is -0.270. The molecule has 100 valence electrons. The highest BCUT2D eigenvalue weighted by atomic mass is 16.6. The first kappa shape index (κ1) is 14.5. The van der Waals surface area contributed by atoms with Gasteiger partial charge >= 0.3 is 0 Å². The second-order valence-electron chi connectivity index (χ2n) is 4.72. The van der Waals surface area contributed by atoms with Gasteiger partial charge < -0.3 is 25.2 Å². The largest absolute Gasteiger partial charge is 0.394 e. The van der Waals surface area contributed by atoms with Gasteiger partial charge in [0.2, 0.25) is 0 Å². The fourth-order valence-electron chi connectivity index (χ4n) is 1.84. The highest BCUT2D eigenvalue weighted by molar-refractivity contribution is 5.80. The number of ether oxygens (including phenoxy) is 1. The van der Waals surface area contributed by atoms with Crippen LogP contribution in [0, 0.1) is 11.8 Å². The fourth-order valence-corrected chi connectivity index (χ4v) is 1.84. The lowest BCUT2D eigenvalue weighted by atomic mass is 9.85. The molecule has 0 amide bonds. The third kappa shape index (κ3) is 3.23. The summed E-state index contributed by atoms with van der Waals surface area (Å²) < 4.78 is 4.95. The molecule has 0 radical (unpaired) electrons. The van der Waals surface area contributed by atoms with Crippen molar-refractivity contribution in [3.63, 3.8) is 0 Å². The molecule has 1 heterocycles. The summed E-state index contributed by atoms with van der Waals surface area (Å²) in [6.45, 7) is 2.94. The lowest BCUT2D eigenvalue weighted by Crippen LogP contribution is -2.56. The number of carbonyl (C=O) groups is 1. The summed E-state index contributed by atoms with van der Waals surface area (Å²) in [7, 11) is 0. The van der Waals surface area contributed by atoms with Gasteiger partial charge in [-0.15, -0.1) is 0 Å². The molecular weight excluding hydrogens is 228 g/mol. The van der Waals surface area contributed by atoms with Crippen LogP contribution in [0.25, 0.3) is 0 Å². The molecule has 6 heteroatoms. The van der Waals surface area contributed by atoms with Crippen LogP contribution in [0.2, 0.25) is 0 Å². The van der Waals surface area contributed by atoms with Gasteiger partial charge in [-0.2, -0.15) is 0 Å². The lowest BCUT2D eigenvalue weighted by Gasteiger charge is -2.40. The number of carbonyl (C=O) groups excluding carboxylic acids is 1. The minimum atomic E-state index is -1.35. The zero-order chi connectivity index (χ0) is 13.2. The van der Waals surface area contributed by atoms with Crippen molar-refractivity contribution >= 4 is 5.78 Å². The minimum Gasteiger partial charge on any atom is -0.394 e. The van der Waals surface area contributed by atoms with Gasteiger partial charge in [0.1, 0.15) is 18.0 Å². The maximum atomic E-state index is 11.6. The fraction of sp³-hybridized carbons (Fsp3) is 0.909. The van der Waals surface area contributed by atoms with E-state index in [1.54, 1.807) is 13.8 Å². The number of hydrogen-bond donors (Lipinski definition) is 4. The van der Waals surface area contributed by atoms with Gasteiger partial charge in [-0.3, -0.25) is 4.79 Å². The molecule has 1 fully saturated rings. The number of rotatable bonds is 4. The Morgan fingerprint density at radius 2 is 1.82 bits per heavy atom. The van der Waals surface area contributed by atoms with E-state index in [1.165, 1.54) is 0 Å². The Bertz CT molecular complexity index is 267. The van der Waals surface area contributed by atoms with Crippen molar-refractivity contribution < 1.29 is 30.0 Å². The number of aliphatic hydroxyl groups is 4. The molecule has 0 bridgehead atoms. The SMILES string of the molecule is CC(C)C(=O)C[C@H]1C(O)O[C@H](CO)[C@@H](O)[C@@H]1O. The Labute approximate surface area is 99.8 Å². The second-order valence-corrected chi connectivity index (χ2v) is 4.72. The molecule has 17 heavy (non-hydrogen) atoms. The van der Waals surface area contributed by atoms with E-state index in [4.69, 9.17) is 9.84 Å². The number of hydrogen-bond acceptors (Lipinski definition) is 6. The quantitative estimate of drug-likeness (QED) is 0.490. The Morgan fingerprint density at radius 3 is 2.29 bits per heavy atom. The van der Waals surface area contributed by atoms with Gasteiger partial charge in [-0.05, 0) is 0 Å². The number of ketones is 1. The standard InChI is InChI=1S/C11H20O6/c1-5(2)7(13)3-6-9(14)10(15)8(4-12)17-11(6)16/h5-6,8-12,14-16H,3-4H2,1-2H3/t6-,8-,9-,10-,11?/m1/s1. The van der Waals surface area contributed by atoms with Crippen LogP contribution in [-0.4, -0.2) is 57.4 Å². The van der Waals surface area contributed by atoms with Crippen LogP contribution in [-0.2, 0) is 9.53 Å². The van der Waals surface area contributed by atoms with E-state index < -0.39 is 37.1 Å². The minimum absolute atomic E-state index is 0.0603. The summed E-state index contributed by atoms with van der Waals surface area (Å²) in [6, 6.07) is 0. The van der Waals surface area contributed by atoms with E-state index in [9.17, 15) is 20.1 Å². The van der Waals surface area contributed by atoms with E-state index in [0.29, 0.717) is 0 Å². The molecule has 1 unspecified atom stereocenters. The smallest absolute Gasteiger partial charge is 0.160 e. The maximum absolute atomic E-state index is 11.6. The first-order valence-electron chi connectivity index (χ1n) is 5.71. The van der Waals surface area contributed by atoms with Crippen molar-refractivity contribution in [1.29, 1.82) is 0 Å². The predicted octanol–water partition coefficient (Wildman–Crippen LogP) is -1.35. The second kappa shape index (κ2) is 5.88. The molecule has 0 aliphatic carbocycles. The molecular formula is C11H20O6. The molecule has 1 aliphatic rings. The number of Topliss-reactive ketones (excluding diaryl/α,β-unsaturated/α-hetero) is 1. The van der Waals surface area contributed by atoms with Gasteiger partial charge in [-0.1, -0.05) is 13.8 Å². The normalized spacial score (nSPS) is 38.4. The topological polar surface area (TPSA) is 107 Å². The summed E-state index contributed by atoms with van der Waals surface area (Å²) >= 11 is 0. The van der Waals surface area contributed by atoms with Crippen molar-refractivity contribution in [2.45, 2.75) is 44.9 Å². The van der Waals surface area contributed by atoms with Crippen molar-refractivity contribution in [2.24, 2.45) is 11.8 Å². The summed E-state index contributed by atoms with van der Waals surface area (Å²) in [5, 5.41) is 37.9. The Morgan fingerprint density at radius 1 is 1.24 bits per heavy atom. The van der Waals surface area contributed by atoms with Crippen molar-refractivity contribution in [3.05, 3.63) is 0 Å². The predicted molar refractivity (Wildman–Crippen MR) is 57.9 cm³/mol. The molecule has 0 spiro atoms. The average molecular weight is 248 g/mol. The van der Waals surface area contributed by atoms with E-state index >= 15 is 0 Å². The van der Waals surface area contributed by atoms with Crippen LogP contribution in [0.1, 0.15) is 20.3 Å². The van der Waals surface area contributed by atoms with Crippen molar-refractivity contribution in [3.8, 4) is 0 Å². The molecule has 6 nitrogen and oxygen atoms in total. The Kier molecular flexibility index (Phi) is 5.03. The summed E-state index contributed by atoms with van der Waals surface area (Å²) in [6.07, 6.45) is -5.01. The molecule has 5 atom stereocenters. The molecule has 1 saturated heterocycles. The van der Waals surface area contributed by atoms with Gasteiger partial charge in [0.15, 0.2) is 6.29 Å². The zero-order valence-corrected chi connectivity index (χ0v) is 9.98. The summed E-state index contributed by atoms with van der Waals surface area (Å²) in [5.74, 6) is -1.18. The van der Waals surface area contributed by atoms with E-state index in [0.717, 1.165) is 0 Å². The van der Waals surface area contributed by atoms with Crippen molar-refractivity contribution in [2.75, 3.05) is 6.61 Å². The molecule has 1 rings (SSSR count). The van der Waals surface area contributed by atoms with E-state index in [2.05, 4.69) is 0 Å². The monoisotopic (exact) mass is 248 g/mol. The Hall–Kier alpha value is -0.530. The van der Waals surface area contributed by atoms with Crippen molar-refractivity contribution in [1.82, 2.24) is 0 Å². The van der Waals surface area contributed by atoms with Crippen LogP contribution in [0.5, 0.6) is 0 Å². The third-order valence-electron chi connectivity index (χ3n) is 3.11. The third-order valence-corrected chi connectivity index (χ3v) is 3.11. The maximum Gasteiger partial charge on any atom is 0.160 e. The van der Waals surface area contributed by atoms with Gasteiger partial charge in [0.25, 0.3) is 0 Å². The van der Waals surface area contributed by atoms with Crippen LogP contribution >= 0.6 is 0 Å². The molecule has 0 aromatic rings. The molecule has 0 aromatic heterocycles. The van der Waals surface area contributed by atoms with Crippen LogP contribution in [0.3, 0.4) is 0 Å². The van der Waals surface area contributed by atoms with Crippen LogP contribution in [0.4, 0.5) is 0 Å². The van der Waals surface area contributed by atoms with Crippen LogP contribution < -0.4 is 0 Å². The first-order chi connectivity index (χ1) is 7.88. The Balaban J connectivity index is 2.69. The molecule has 0 aromatic carbocycles. The van der Waals surface area contributed by atoms with Gasteiger partial charge in [-0.25, -0.2) is 0 Å².